The minimum absolute atomic E-state index is 0.103. The van der Waals surface area contributed by atoms with Crippen molar-refractivity contribution in [2.45, 2.75) is 25.9 Å². The third kappa shape index (κ3) is 3.70. The summed E-state index contributed by atoms with van der Waals surface area (Å²) >= 11 is 3.46. The molecule has 0 aliphatic rings. The largest absolute Gasteiger partial charge is 0.476 e. The van der Waals surface area contributed by atoms with Crippen molar-refractivity contribution in [1.82, 2.24) is 20.3 Å². The SMILES string of the molecule is CC(C)(NC(=O)Cn1cc(C(=O)O)nn1)c1ccccc1Br. The fraction of sp³-hybridized carbons (Fsp3) is 0.286. The van der Waals surface area contributed by atoms with Crippen LogP contribution in [0.5, 0.6) is 0 Å². The smallest absolute Gasteiger partial charge is 0.358 e. The summed E-state index contributed by atoms with van der Waals surface area (Å²) in [6.07, 6.45) is 1.22. The number of aromatic carboxylic acids is 1. The fourth-order valence-corrected chi connectivity index (χ4v) is 2.82. The van der Waals surface area contributed by atoms with Gasteiger partial charge in [0.05, 0.1) is 11.7 Å². The first kappa shape index (κ1) is 16.2. The number of nitrogens with one attached hydrogen (secondary N) is 1. The molecule has 0 radical (unpaired) electrons. The van der Waals surface area contributed by atoms with Crippen molar-refractivity contribution in [3.63, 3.8) is 0 Å². The van der Waals surface area contributed by atoms with Gasteiger partial charge >= 0.3 is 5.97 Å². The Labute approximate surface area is 135 Å². The number of halogens is 1. The van der Waals surface area contributed by atoms with Gasteiger partial charge in [-0.3, -0.25) is 4.79 Å². The topological polar surface area (TPSA) is 97.1 Å². The number of benzene rings is 1. The molecule has 1 aromatic carbocycles. The van der Waals surface area contributed by atoms with Crippen LogP contribution >= 0.6 is 15.9 Å². The Morgan fingerprint density at radius 1 is 1.36 bits per heavy atom. The molecule has 0 atom stereocenters. The number of hydrogen-bond acceptors (Lipinski definition) is 4. The predicted molar refractivity (Wildman–Crippen MR) is 82.3 cm³/mol. The average Bonchev–Trinajstić information content (AvgIpc) is 2.86. The predicted octanol–water partition coefficient (Wildman–Crippen LogP) is 1.79. The van der Waals surface area contributed by atoms with Crippen LogP contribution in [0.4, 0.5) is 0 Å². The van der Waals surface area contributed by atoms with Crippen molar-refractivity contribution in [2.24, 2.45) is 0 Å². The first-order valence-corrected chi connectivity index (χ1v) is 7.28. The maximum absolute atomic E-state index is 12.1. The van der Waals surface area contributed by atoms with E-state index >= 15 is 0 Å². The van der Waals surface area contributed by atoms with Crippen molar-refractivity contribution in [3.05, 3.63) is 46.2 Å². The molecule has 1 heterocycles. The van der Waals surface area contributed by atoms with Crippen LogP contribution in [0, 0.1) is 0 Å². The summed E-state index contributed by atoms with van der Waals surface area (Å²) in [5, 5.41) is 18.7. The standard InChI is InChI=1S/C14H15BrN4O3/c1-14(2,9-5-3-4-6-10(9)15)16-12(20)8-19-7-11(13(21)22)17-18-19/h3-7H,8H2,1-2H3,(H,16,20)(H,21,22). The van der Waals surface area contributed by atoms with Gasteiger partial charge in [-0.25, -0.2) is 9.48 Å². The average molecular weight is 367 g/mol. The zero-order valence-electron chi connectivity index (χ0n) is 12.1. The number of amides is 1. The Morgan fingerprint density at radius 2 is 2.05 bits per heavy atom. The lowest BCUT2D eigenvalue weighted by Crippen LogP contribution is -2.42. The lowest BCUT2D eigenvalue weighted by molar-refractivity contribution is -0.123. The number of carbonyl (C=O) groups is 2. The lowest BCUT2D eigenvalue weighted by atomic mass is 9.94. The Kier molecular flexibility index (Phi) is 4.60. The number of hydrogen-bond donors (Lipinski definition) is 2. The van der Waals surface area contributed by atoms with Crippen LogP contribution in [-0.4, -0.2) is 32.0 Å². The van der Waals surface area contributed by atoms with Gasteiger partial charge in [0, 0.05) is 4.47 Å². The molecule has 1 amide bonds. The van der Waals surface area contributed by atoms with Crippen molar-refractivity contribution >= 4 is 27.8 Å². The van der Waals surface area contributed by atoms with Crippen LogP contribution in [-0.2, 0) is 16.9 Å². The summed E-state index contributed by atoms with van der Waals surface area (Å²) in [5.74, 6) is -1.47. The third-order valence-corrected chi connectivity index (χ3v) is 3.75. The zero-order valence-corrected chi connectivity index (χ0v) is 13.7. The van der Waals surface area contributed by atoms with E-state index < -0.39 is 11.5 Å². The summed E-state index contributed by atoms with van der Waals surface area (Å²) < 4.78 is 2.09. The molecule has 0 bridgehead atoms. The highest BCUT2D eigenvalue weighted by atomic mass is 79.9. The molecule has 7 nitrogen and oxygen atoms in total. The highest BCUT2D eigenvalue weighted by Crippen LogP contribution is 2.27. The number of nitrogens with zero attached hydrogens (tertiary/aromatic N) is 3. The van der Waals surface area contributed by atoms with Crippen molar-refractivity contribution in [3.8, 4) is 0 Å². The van der Waals surface area contributed by atoms with E-state index in [-0.39, 0.29) is 18.1 Å². The Morgan fingerprint density at radius 3 is 2.64 bits per heavy atom. The molecule has 0 spiro atoms. The molecule has 2 aromatic rings. The zero-order chi connectivity index (χ0) is 16.3. The number of rotatable bonds is 5. The normalized spacial score (nSPS) is 11.2. The van der Waals surface area contributed by atoms with Crippen molar-refractivity contribution < 1.29 is 14.7 Å². The van der Waals surface area contributed by atoms with Gasteiger partial charge in [-0.2, -0.15) is 0 Å². The molecule has 0 fully saturated rings. The Hall–Kier alpha value is -2.22. The van der Waals surface area contributed by atoms with E-state index in [1.807, 2.05) is 38.1 Å². The molecular weight excluding hydrogens is 352 g/mol. The minimum atomic E-state index is -1.18. The highest BCUT2D eigenvalue weighted by Gasteiger charge is 2.25. The van der Waals surface area contributed by atoms with Gasteiger partial charge in [0.15, 0.2) is 5.69 Å². The molecule has 0 aliphatic heterocycles. The van der Waals surface area contributed by atoms with Gasteiger partial charge in [-0.15, -0.1) is 5.10 Å². The highest BCUT2D eigenvalue weighted by molar-refractivity contribution is 9.10. The Bertz CT molecular complexity index is 712. The van der Waals surface area contributed by atoms with Crippen molar-refractivity contribution in [2.75, 3.05) is 0 Å². The summed E-state index contributed by atoms with van der Waals surface area (Å²) in [6, 6.07) is 7.61. The monoisotopic (exact) mass is 366 g/mol. The van der Waals surface area contributed by atoms with Gasteiger partial charge in [0.1, 0.15) is 6.54 Å². The molecule has 0 aliphatic carbocycles. The van der Waals surface area contributed by atoms with E-state index in [1.165, 1.54) is 10.9 Å². The van der Waals surface area contributed by atoms with Gasteiger partial charge in [0.25, 0.3) is 0 Å². The van der Waals surface area contributed by atoms with Gasteiger partial charge in [-0.05, 0) is 25.5 Å². The van der Waals surface area contributed by atoms with Crippen LogP contribution in [0.25, 0.3) is 0 Å². The maximum Gasteiger partial charge on any atom is 0.358 e. The molecule has 0 unspecified atom stereocenters. The minimum Gasteiger partial charge on any atom is -0.476 e. The van der Waals surface area contributed by atoms with Crippen LogP contribution in [0.2, 0.25) is 0 Å². The first-order chi connectivity index (χ1) is 10.3. The van der Waals surface area contributed by atoms with E-state index in [0.29, 0.717) is 0 Å². The van der Waals surface area contributed by atoms with E-state index in [4.69, 9.17) is 5.11 Å². The molecule has 2 N–H and O–H groups in total. The number of aromatic nitrogens is 3. The third-order valence-electron chi connectivity index (χ3n) is 3.06. The van der Waals surface area contributed by atoms with E-state index in [0.717, 1.165) is 10.0 Å². The molecule has 0 saturated carbocycles. The summed E-state index contributed by atoms with van der Waals surface area (Å²) in [4.78, 5) is 22.9. The van der Waals surface area contributed by atoms with Gasteiger partial charge in [-0.1, -0.05) is 39.3 Å². The summed E-state index contributed by atoms with van der Waals surface area (Å²) in [7, 11) is 0. The second-order valence-corrected chi connectivity index (χ2v) is 6.11. The van der Waals surface area contributed by atoms with E-state index in [9.17, 15) is 9.59 Å². The molecule has 1 aromatic heterocycles. The number of carboxylic acid groups (broad SMARTS) is 1. The molecular formula is C14H15BrN4O3. The lowest BCUT2D eigenvalue weighted by Gasteiger charge is -2.28. The van der Waals surface area contributed by atoms with Crippen molar-refractivity contribution in [1.29, 1.82) is 0 Å². The van der Waals surface area contributed by atoms with Crippen LogP contribution in [0.3, 0.4) is 0 Å². The van der Waals surface area contributed by atoms with Crippen LogP contribution < -0.4 is 5.32 Å². The fourth-order valence-electron chi connectivity index (χ4n) is 2.04. The maximum atomic E-state index is 12.1. The summed E-state index contributed by atoms with van der Waals surface area (Å²) in [5.41, 5.74) is 0.152. The molecule has 8 heteroatoms. The molecule has 22 heavy (non-hydrogen) atoms. The van der Waals surface area contributed by atoms with E-state index in [2.05, 4.69) is 31.6 Å². The van der Waals surface area contributed by atoms with Crippen LogP contribution in [0.1, 0.15) is 29.9 Å². The number of carbonyl (C=O) groups excluding carboxylic acids is 1. The van der Waals surface area contributed by atoms with Gasteiger partial charge in [0.2, 0.25) is 5.91 Å². The van der Waals surface area contributed by atoms with Gasteiger partial charge < -0.3 is 10.4 Å². The summed E-state index contributed by atoms with van der Waals surface area (Å²) in [6.45, 7) is 3.66. The molecule has 116 valence electrons. The van der Waals surface area contributed by atoms with Crippen LogP contribution in [0.15, 0.2) is 34.9 Å². The molecule has 0 saturated heterocycles. The number of carboxylic acids is 1. The Balaban J connectivity index is 2.07. The quantitative estimate of drug-likeness (QED) is 0.840. The second kappa shape index (κ2) is 6.27. The molecule has 2 rings (SSSR count). The first-order valence-electron chi connectivity index (χ1n) is 6.49. The second-order valence-electron chi connectivity index (χ2n) is 5.26. The van der Waals surface area contributed by atoms with E-state index in [1.54, 1.807) is 0 Å².